The number of carboxylic acids is 1. The molecule has 3 rings (SSSR count). The van der Waals surface area contributed by atoms with Crippen LogP contribution in [-0.4, -0.2) is 36.9 Å². The second kappa shape index (κ2) is 4.02. The van der Waals surface area contributed by atoms with Gasteiger partial charge in [0.2, 0.25) is 0 Å². The molecule has 0 amide bonds. The van der Waals surface area contributed by atoms with Gasteiger partial charge < -0.3 is 10.8 Å². The molecule has 1 aliphatic carbocycles. The van der Waals surface area contributed by atoms with Crippen LogP contribution in [0.25, 0.3) is 11.0 Å². The molecule has 18 heavy (non-hydrogen) atoms. The van der Waals surface area contributed by atoms with E-state index in [0.717, 1.165) is 19.3 Å². The van der Waals surface area contributed by atoms with Crippen LogP contribution in [-0.2, 0) is 0 Å². The molecule has 1 fully saturated rings. The Morgan fingerprint density at radius 2 is 2.33 bits per heavy atom. The fourth-order valence-corrected chi connectivity index (χ4v) is 2.51. The van der Waals surface area contributed by atoms with Gasteiger partial charge in [-0.25, -0.2) is 19.4 Å². The highest BCUT2D eigenvalue weighted by Crippen LogP contribution is 2.31. The molecule has 2 heterocycles. The summed E-state index contributed by atoms with van der Waals surface area (Å²) in [5.41, 5.74) is 6.46. The fraction of sp³-hybridized carbons (Fsp3) is 0.455. The first kappa shape index (κ1) is 11.1. The Balaban J connectivity index is 2.14. The van der Waals surface area contributed by atoms with Crippen LogP contribution in [0.15, 0.2) is 12.5 Å². The number of nitrogens with two attached hydrogens (primary N) is 1. The summed E-state index contributed by atoms with van der Waals surface area (Å²) in [5, 5.41) is 13.8. The van der Waals surface area contributed by atoms with Gasteiger partial charge in [-0.15, -0.1) is 0 Å². The van der Waals surface area contributed by atoms with Gasteiger partial charge in [0.1, 0.15) is 6.33 Å². The number of rotatable bonds is 2. The van der Waals surface area contributed by atoms with Crippen LogP contribution >= 0.6 is 0 Å². The molecule has 0 spiro atoms. The quantitative estimate of drug-likeness (QED) is 0.803. The predicted octanol–water partition coefficient (Wildman–Crippen LogP) is 0.577. The molecule has 3 N–H and O–H groups in total. The highest BCUT2D eigenvalue weighted by Gasteiger charge is 2.28. The summed E-state index contributed by atoms with van der Waals surface area (Å²) in [6.45, 7) is 0. The fourth-order valence-electron chi connectivity index (χ4n) is 2.51. The highest BCUT2D eigenvalue weighted by molar-refractivity contribution is 5.99. The van der Waals surface area contributed by atoms with Crippen LogP contribution in [0.3, 0.4) is 0 Å². The SMILES string of the molecule is NC1CCC(n2nc(C(=O)O)c3cncnc32)C1. The van der Waals surface area contributed by atoms with E-state index in [0.29, 0.717) is 11.0 Å². The second-order valence-electron chi connectivity index (χ2n) is 4.59. The van der Waals surface area contributed by atoms with Gasteiger partial charge in [0.15, 0.2) is 11.3 Å². The van der Waals surface area contributed by atoms with E-state index in [1.807, 2.05) is 0 Å². The van der Waals surface area contributed by atoms with Crippen LogP contribution in [0, 0.1) is 0 Å². The lowest BCUT2D eigenvalue weighted by Gasteiger charge is -2.10. The van der Waals surface area contributed by atoms with E-state index in [1.54, 1.807) is 4.68 Å². The van der Waals surface area contributed by atoms with E-state index in [4.69, 9.17) is 10.8 Å². The number of nitrogens with zero attached hydrogens (tertiary/aromatic N) is 4. The zero-order valence-corrected chi connectivity index (χ0v) is 9.65. The zero-order chi connectivity index (χ0) is 12.7. The Morgan fingerprint density at radius 3 is 3.00 bits per heavy atom. The van der Waals surface area contributed by atoms with Crippen molar-refractivity contribution in [2.24, 2.45) is 5.73 Å². The summed E-state index contributed by atoms with van der Waals surface area (Å²) in [7, 11) is 0. The molecule has 2 atom stereocenters. The number of aromatic carboxylic acids is 1. The third-order valence-electron chi connectivity index (χ3n) is 3.37. The summed E-state index contributed by atoms with van der Waals surface area (Å²) in [6, 6.07) is 0.287. The zero-order valence-electron chi connectivity index (χ0n) is 9.65. The van der Waals surface area contributed by atoms with Gasteiger partial charge in [-0.05, 0) is 19.3 Å². The van der Waals surface area contributed by atoms with Gasteiger partial charge in [-0.3, -0.25) is 0 Å². The molecule has 1 aliphatic rings. The Morgan fingerprint density at radius 1 is 1.50 bits per heavy atom. The van der Waals surface area contributed by atoms with Crippen molar-refractivity contribution in [2.45, 2.75) is 31.3 Å². The van der Waals surface area contributed by atoms with Crippen molar-refractivity contribution in [2.75, 3.05) is 0 Å². The van der Waals surface area contributed by atoms with Crippen molar-refractivity contribution in [3.63, 3.8) is 0 Å². The van der Waals surface area contributed by atoms with E-state index >= 15 is 0 Å². The number of hydrogen-bond acceptors (Lipinski definition) is 5. The summed E-state index contributed by atoms with van der Waals surface area (Å²) in [5.74, 6) is -1.06. The van der Waals surface area contributed by atoms with Crippen molar-refractivity contribution in [1.82, 2.24) is 19.7 Å². The molecule has 2 aromatic heterocycles. The number of fused-ring (bicyclic) bond motifs is 1. The normalized spacial score (nSPS) is 23.6. The van der Waals surface area contributed by atoms with Gasteiger partial charge >= 0.3 is 5.97 Å². The number of aromatic nitrogens is 4. The third-order valence-corrected chi connectivity index (χ3v) is 3.37. The van der Waals surface area contributed by atoms with Gasteiger partial charge in [0.05, 0.1) is 11.4 Å². The van der Waals surface area contributed by atoms with Gasteiger partial charge in [-0.2, -0.15) is 5.10 Å². The number of carboxylic acid groups (broad SMARTS) is 1. The van der Waals surface area contributed by atoms with Crippen LogP contribution in [0.5, 0.6) is 0 Å². The number of hydrogen-bond donors (Lipinski definition) is 2. The lowest BCUT2D eigenvalue weighted by molar-refractivity contribution is 0.0691. The first-order valence-corrected chi connectivity index (χ1v) is 5.84. The van der Waals surface area contributed by atoms with Crippen molar-refractivity contribution < 1.29 is 9.90 Å². The van der Waals surface area contributed by atoms with Gasteiger partial charge in [0.25, 0.3) is 0 Å². The summed E-state index contributed by atoms with van der Waals surface area (Å²) in [6.07, 6.45) is 5.53. The largest absolute Gasteiger partial charge is 0.476 e. The third kappa shape index (κ3) is 1.63. The number of carbonyl (C=O) groups is 1. The summed E-state index contributed by atoms with van der Waals surface area (Å²) in [4.78, 5) is 19.1. The first-order chi connectivity index (χ1) is 8.66. The van der Waals surface area contributed by atoms with E-state index in [2.05, 4.69) is 15.1 Å². The Labute approximate surface area is 103 Å². The maximum atomic E-state index is 11.2. The first-order valence-electron chi connectivity index (χ1n) is 5.84. The molecular weight excluding hydrogens is 234 g/mol. The minimum Gasteiger partial charge on any atom is -0.476 e. The molecule has 0 aliphatic heterocycles. The molecular formula is C11H13N5O2. The highest BCUT2D eigenvalue weighted by atomic mass is 16.4. The Bertz CT molecular complexity index is 608. The van der Waals surface area contributed by atoms with Crippen molar-refractivity contribution in [3.05, 3.63) is 18.2 Å². The van der Waals surface area contributed by atoms with E-state index < -0.39 is 5.97 Å². The second-order valence-corrected chi connectivity index (χ2v) is 4.59. The molecule has 7 heteroatoms. The molecule has 0 bridgehead atoms. The van der Waals surface area contributed by atoms with Crippen LogP contribution in [0.4, 0.5) is 0 Å². The monoisotopic (exact) mass is 247 g/mol. The lowest BCUT2D eigenvalue weighted by Crippen LogP contribution is -2.16. The average Bonchev–Trinajstić information content (AvgIpc) is 2.92. The maximum Gasteiger partial charge on any atom is 0.357 e. The lowest BCUT2D eigenvalue weighted by atomic mass is 10.2. The molecule has 0 saturated heterocycles. The molecule has 94 valence electrons. The summed E-state index contributed by atoms with van der Waals surface area (Å²) < 4.78 is 1.69. The minimum absolute atomic E-state index is 0.00562. The molecule has 2 aromatic rings. The molecule has 1 saturated carbocycles. The van der Waals surface area contributed by atoms with Crippen LogP contribution in [0.2, 0.25) is 0 Å². The molecule has 0 radical (unpaired) electrons. The van der Waals surface area contributed by atoms with Crippen molar-refractivity contribution in [1.29, 1.82) is 0 Å². The van der Waals surface area contributed by atoms with E-state index in [-0.39, 0.29) is 17.8 Å². The maximum absolute atomic E-state index is 11.2. The molecule has 7 nitrogen and oxygen atoms in total. The summed E-state index contributed by atoms with van der Waals surface area (Å²) >= 11 is 0. The Hall–Kier alpha value is -2.02. The molecule has 2 unspecified atom stereocenters. The van der Waals surface area contributed by atoms with Crippen LogP contribution < -0.4 is 5.73 Å². The average molecular weight is 247 g/mol. The van der Waals surface area contributed by atoms with Crippen molar-refractivity contribution in [3.8, 4) is 0 Å². The van der Waals surface area contributed by atoms with Gasteiger partial charge in [-0.1, -0.05) is 0 Å². The van der Waals surface area contributed by atoms with Crippen LogP contribution in [0.1, 0.15) is 35.8 Å². The molecule has 0 aromatic carbocycles. The topological polar surface area (TPSA) is 107 Å². The Kier molecular flexibility index (Phi) is 2.48. The predicted molar refractivity (Wildman–Crippen MR) is 63.1 cm³/mol. The minimum atomic E-state index is -1.06. The smallest absolute Gasteiger partial charge is 0.357 e. The van der Waals surface area contributed by atoms with E-state index in [1.165, 1.54) is 12.5 Å². The standard InChI is InChI=1S/C11H13N5O2/c12-6-1-2-7(3-6)16-10-8(4-13-5-14-10)9(15-16)11(17)18/h4-7H,1-3,12H2,(H,17,18). The van der Waals surface area contributed by atoms with E-state index in [9.17, 15) is 4.79 Å². The van der Waals surface area contributed by atoms with Gasteiger partial charge in [0, 0.05) is 12.2 Å². The van der Waals surface area contributed by atoms with Crippen molar-refractivity contribution >= 4 is 17.0 Å².